The molecule has 0 amide bonds. The summed E-state index contributed by atoms with van der Waals surface area (Å²) in [5.41, 5.74) is 0. The highest BCUT2D eigenvalue weighted by molar-refractivity contribution is 4.80. The first kappa shape index (κ1) is 12.9. The summed E-state index contributed by atoms with van der Waals surface area (Å²) in [7, 11) is 1.68. The summed E-state index contributed by atoms with van der Waals surface area (Å²) in [5.74, 6) is 0.628. The van der Waals surface area contributed by atoms with Crippen molar-refractivity contribution in [1.82, 2.24) is 0 Å². The number of hydrogen-bond donors (Lipinski definition) is 1. The molecule has 1 saturated carbocycles. The first-order valence-electron chi connectivity index (χ1n) is 6.09. The predicted octanol–water partition coefficient (Wildman–Crippen LogP) is 1.98. The van der Waals surface area contributed by atoms with Crippen molar-refractivity contribution < 1.29 is 14.6 Å². The molecule has 1 unspecified atom stereocenters. The molecule has 1 aliphatic carbocycles. The molecule has 1 fully saturated rings. The third-order valence-corrected chi connectivity index (χ3v) is 2.89. The van der Waals surface area contributed by atoms with E-state index in [1.54, 1.807) is 7.11 Å². The number of methoxy groups -OCH3 is 1. The minimum Gasteiger partial charge on any atom is -0.393 e. The standard InChI is InChI=1S/C12H24O3/c1-14-9-10-15-8-4-2-3-5-12(13)11-6-7-11/h11-13H,2-10H2,1H3. The van der Waals surface area contributed by atoms with Gasteiger partial charge in [0, 0.05) is 13.7 Å². The van der Waals surface area contributed by atoms with Gasteiger partial charge in [-0.05, 0) is 31.6 Å². The second-order valence-electron chi connectivity index (χ2n) is 4.36. The zero-order valence-corrected chi connectivity index (χ0v) is 9.78. The van der Waals surface area contributed by atoms with Gasteiger partial charge in [0.05, 0.1) is 19.3 Å². The summed E-state index contributed by atoms with van der Waals surface area (Å²) in [4.78, 5) is 0. The third kappa shape index (κ3) is 6.88. The quantitative estimate of drug-likeness (QED) is 0.567. The molecule has 0 aromatic heterocycles. The average molecular weight is 216 g/mol. The predicted molar refractivity (Wildman–Crippen MR) is 59.9 cm³/mol. The number of aliphatic hydroxyl groups excluding tert-OH is 1. The van der Waals surface area contributed by atoms with Crippen molar-refractivity contribution in [3.05, 3.63) is 0 Å². The first-order valence-corrected chi connectivity index (χ1v) is 6.09. The molecule has 3 heteroatoms. The van der Waals surface area contributed by atoms with E-state index in [-0.39, 0.29) is 6.10 Å². The number of ether oxygens (including phenoxy) is 2. The van der Waals surface area contributed by atoms with Crippen LogP contribution in [0.25, 0.3) is 0 Å². The molecule has 15 heavy (non-hydrogen) atoms. The molecule has 0 heterocycles. The Labute approximate surface area is 92.8 Å². The van der Waals surface area contributed by atoms with Gasteiger partial charge in [-0.15, -0.1) is 0 Å². The molecule has 0 radical (unpaired) electrons. The Morgan fingerprint density at radius 3 is 2.60 bits per heavy atom. The second kappa shape index (κ2) is 8.08. The van der Waals surface area contributed by atoms with Crippen LogP contribution < -0.4 is 0 Å². The Bertz CT molecular complexity index is 146. The lowest BCUT2D eigenvalue weighted by Gasteiger charge is -2.08. The van der Waals surface area contributed by atoms with Gasteiger partial charge in [0.25, 0.3) is 0 Å². The van der Waals surface area contributed by atoms with E-state index >= 15 is 0 Å². The fourth-order valence-electron chi connectivity index (χ4n) is 1.70. The molecule has 1 N–H and O–H groups in total. The van der Waals surface area contributed by atoms with Gasteiger partial charge in [-0.25, -0.2) is 0 Å². The Morgan fingerprint density at radius 2 is 1.93 bits per heavy atom. The van der Waals surface area contributed by atoms with Crippen LogP contribution in [0.4, 0.5) is 0 Å². The van der Waals surface area contributed by atoms with E-state index in [4.69, 9.17) is 9.47 Å². The smallest absolute Gasteiger partial charge is 0.0700 e. The zero-order valence-electron chi connectivity index (χ0n) is 9.78. The molecule has 0 spiro atoms. The van der Waals surface area contributed by atoms with Crippen molar-refractivity contribution in [2.45, 2.75) is 44.6 Å². The molecule has 0 bridgehead atoms. The summed E-state index contributed by atoms with van der Waals surface area (Å²) in [5, 5.41) is 9.61. The number of hydrogen-bond acceptors (Lipinski definition) is 3. The lowest BCUT2D eigenvalue weighted by molar-refractivity contribution is 0.0677. The minimum absolute atomic E-state index is 0.0283. The van der Waals surface area contributed by atoms with Crippen LogP contribution in [0.15, 0.2) is 0 Å². The Morgan fingerprint density at radius 1 is 1.13 bits per heavy atom. The molecule has 0 saturated heterocycles. The lowest BCUT2D eigenvalue weighted by atomic mass is 10.1. The summed E-state index contributed by atoms with van der Waals surface area (Å²) in [6.45, 7) is 2.20. The first-order chi connectivity index (χ1) is 7.34. The fourth-order valence-corrected chi connectivity index (χ4v) is 1.70. The Kier molecular flexibility index (Phi) is 6.98. The van der Waals surface area contributed by atoms with Gasteiger partial charge >= 0.3 is 0 Å². The minimum atomic E-state index is -0.0283. The third-order valence-electron chi connectivity index (χ3n) is 2.89. The van der Waals surface area contributed by atoms with Crippen molar-refractivity contribution in [1.29, 1.82) is 0 Å². The molecule has 0 aromatic carbocycles. The van der Waals surface area contributed by atoms with Crippen LogP contribution in [-0.4, -0.2) is 38.1 Å². The van der Waals surface area contributed by atoms with Gasteiger partial charge in [0.1, 0.15) is 0 Å². The van der Waals surface area contributed by atoms with E-state index in [1.165, 1.54) is 12.8 Å². The molecule has 0 aromatic rings. The summed E-state index contributed by atoms with van der Waals surface area (Å²) in [6, 6.07) is 0. The van der Waals surface area contributed by atoms with Crippen molar-refractivity contribution in [3.63, 3.8) is 0 Å². The molecule has 90 valence electrons. The van der Waals surface area contributed by atoms with Crippen molar-refractivity contribution >= 4 is 0 Å². The van der Waals surface area contributed by atoms with E-state index in [0.717, 1.165) is 32.3 Å². The van der Waals surface area contributed by atoms with E-state index in [1.807, 2.05) is 0 Å². The van der Waals surface area contributed by atoms with Gasteiger partial charge in [0.2, 0.25) is 0 Å². The van der Waals surface area contributed by atoms with Crippen LogP contribution in [0.2, 0.25) is 0 Å². The van der Waals surface area contributed by atoms with Crippen LogP contribution in [-0.2, 0) is 9.47 Å². The monoisotopic (exact) mass is 216 g/mol. The number of rotatable bonds is 10. The zero-order chi connectivity index (χ0) is 10.9. The van der Waals surface area contributed by atoms with E-state index < -0.39 is 0 Å². The highest BCUT2D eigenvalue weighted by atomic mass is 16.5. The highest BCUT2D eigenvalue weighted by Crippen LogP contribution is 2.34. The fraction of sp³-hybridized carbons (Fsp3) is 1.00. The lowest BCUT2D eigenvalue weighted by Crippen LogP contribution is -2.08. The van der Waals surface area contributed by atoms with Crippen LogP contribution in [0, 0.1) is 5.92 Å². The average Bonchev–Trinajstić information content (AvgIpc) is 3.05. The van der Waals surface area contributed by atoms with Crippen molar-refractivity contribution in [2.75, 3.05) is 26.9 Å². The van der Waals surface area contributed by atoms with Crippen LogP contribution in [0.1, 0.15) is 38.5 Å². The maximum absolute atomic E-state index is 9.61. The van der Waals surface area contributed by atoms with E-state index in [0.29, 0.717) is 19.1 Å². The molecule has 3 nitrogen and oxygen atoms in total. The molecule has 1 atom stereocenters. The second-order valence-corrected chi connectivity index (χ2v) is 4.36. The maximum atomic E-state index is 9.61. The largest absolute Gasteiger partial charge is 0.393 e. The number of aliphatic hydroxyl groups is 1. The molecule has 1 aliphatic rings. The summed E-state index contributed by atoms with van der Waals surface area (Å²) >= 11 is 0. The van der Waals surface area contributed by atoms with Crippen molar-refractivity contribution in [3.8, 4) is 0 Å². The molecular formula is C12H24O3. The summed E-state index contributed by atoms with van der Waals surface area (Å²) in [6.07, 6.45) is 6.81. The van der Waals surface area contributed by atoms with Crippen LogP contribution in [0.3, 0.4) is 0 Å². The van der Waals surface area contributed by atoms with Gasteiger partial charge in [-0.1, -0.05) is 12.8 Å². The SMILES string of the molecule is COCCOCCCCCC(O)C1CC1. The van der Waals surface area contributed by atoms with E-state index in [9.17, 15) is 5.11 Å². The molecule has 0 aliphatic heterocycles. The van der Waals surface area contributed by atoms with Gasteiger partial charge < -0.3 is 14.6 Å². The van der Waals surface area contributed by atoms with Crippen molar-refractivity contribution in [2.24, 2.45) is 5.92 Å². The maximum Gasteiger partial charge on any atom is 0.0700 e. The van der Waals surface area contributed by atoms with Crippen LogP contribution >= 0.6 is 0 Å². The Hall–Kier alpha value is -0.120. The topological polar surface area (TPSA) is 38.7 Å². The molecular weight excluding hydrogens is 192 g/mol. The van der Waals surface area contributed by atoms with Crippen LogP contribution in [0.5, 0.6) is 0 Å². The van der Waals surface area contributed by atoms with E-state index in [2.05, 4.69) is 0 Å². The normalized spacial score (nSPS) is 18.0. The Balaban J connectivity index is 1.72. The van der Waals surface area contributed by atoms with Gasteiger partial charge in [-0.2, -0.15) is 0 Å². The molecule has 1 rings (SSSR count). The highest BCUT2D eigenvalue weighted by Gasteiger charge is 2.28. The summed E-state index contributed by atoms with van der Waals surface area (Å²) < 4.78 is 10.2. The van der Waals surface area contributed by atoms with Gasteiger partial charge in [-0.3, -0.25) is 0 Å². The van der Waals surface area contributed by atoms with Gasteiger partial charge in [0.15, 0.2) is 0 Å². The number of unbranched alkanes of at least 4 members (excludes halogenated alkanes) is 2.